The Bertz CT molecular complexity index is 634. The number of carbonyl (C=O) groups excluding carboxylic acids is 1. The van der Waals surface area contributed by atoms with Crippen LogP contribution in [0, 0.1) is 0 Å². The van der Waals surface area contributed by atoms with Gasteiger partial charge in [0.2, 0.25) is 0 Å². The molecule has 1 fully saturated rings. The van der Waals surface area contributed by atoms with E-state index >= 15 is 0 Å². The lowest BCUT2D eigenvalue weighted by Gasteiger charge is -2.26. The van der Waals surface area contributed by atoms with Gasteiger partial charge in [-0.05, 0) is 62.0 Å². The summed E-state index contributed by atoms with van der Waals surface area (Å²) in [7, 11) is 0. The van der Waals surface area contributed by atoms with Crippen molar-refractivity contribution in [3.05, 3.63) is 59.5 Å². The van der Waals surface area contributed by atoms with Gasteiger partial charge in [-0.3, -0.25) is 9.69 Å². The van der Waals surface area contributed by atoms with E-state index in [9.17, 15) is 4.79 Å². The lowest BCUT2D eigenvalue weighted by atomic mass is 10.1. The van der Waals surface area contributed by atoms with Crippen molar-refractivity contribution in [2.24, 2.45) is 0 Å². The van der Waals surface area contributed by atoms with Crippen LogP contribution in [0.1, 0.15) is 40.6 Å². The van der Waals surface area contributed by atoms with Crippen molar-refractivity contribution in [3.8, 4) is 0 Å². The molecule has 2 heterocycles. The monoisotopic (exact) mass is 344 g/mol. The highest BCUT2D eigenvalue weighted by atomic mass is 32.2. The van der Waals surface area contributed by atoms with Crippen molar-refractivity contribution in [2.75, 3.05) is 25.9 Å². The zero-order chi connectivity index (χ0) is 16.8. The van der Waals surface area contributed by atoms with Gasteiger partial charge < -0.3 is 9.73 Å². The van der Waals surface area contributed by atoms with Crippen LogP contribution in [0.25, 0.3) is 0 Å². The Morgan fingerprint density at radius 1 is 1.25 bits per heavy atom. The van der Waals surface area contributed by atoms with Crippen molar-refractivity contribution in [3.63, 3.8) is 0 Å². The van der Waals surface area contributed by atoms with Gasteiger partial charge in [0.05, 0.1) is 12.3 Å². The van der Waals surface area contributed by atoms with Gasteiger partial charge in [0.25, 0.3) is 5.91 Å². The van der Waals surface area contributed by atoms with E-state index in [1.807, 2.05) is 36.4 Å². The molecule has 0 spiro atoms. The Balaban J connectivity index is 1.62. The van der Waals surface area contributed by atoms with Gasteiger partial charge in [0.15, 0.2) is 0 Å². The maximum absolute atomic E-state index is 12.4. The number of likely N-dealkylation sites (tertiary alicyclic amines) is 1. The molecule has 1 N–H and O–H groups in total. The Morgan fingerprint density at radius 2 is 2.00 bits per heavy atom. The van der Waals surface area contributed by atoms with Gasteiger partial charge >= 0.3 is 0 Å². The molecule has 0 unspecified atom stereocenters. The molecule has 3 rings (SSSR count). The fourth-order valence-corrected chi connectivity index (χ4v) is 3.68. The first-order chi connectivity index (χ1) is 11.8. The summed E-state index contributed by atoms with van der Waals surface area (Å²) in [6.45, 7) is 2.69. The minimum Gasteiger partial charge on any atom is -0.468 e. The summed E-state index contributed by atoms with van der Waals surface area (Å²) >= 11 is 1.78. The molecule has 2 aromatic rings. The summed E-state index contributed by atoms with van der Waals surface area (Å²) in [4.78, 5) is 14.8. The molecule has 4 nitrogen and oxygen atoms in total. The van der Waals surface area contributed by atoms with Crippen LogP contribution < -0.4 is 5.32 Å². The molecule has 24 heavy (non-hydrogen) atoms. The number of nitrogens with one attached hydrogen (secondary N) is 1. The van der Waals surface area contributed by atoms with Gasteiger partial charge in [-0.1, -0.05) is 12.1 Å². The van der Waals surface area contributed by atoms with Crippen molar-refractivity contribution in [2.45, 2.75) is 24.6 Å². The second-order valence-electron chi connectivity index (χ2n) is 6.11. The second kappa shape index (κ2) is 8.40. The van der Waals surface area contributed by atoms with E-state index in [0.29, 0.717) is 12.1 Å². The smallest absolute Gasteiger partial charge is 0.251 e. The quantitative estimate of drug-likeness (QED) is 0.832. The predicted molar refractivity (Wildman–Crippen MR) is 98.3 cm³/mol. The van der Waals surface area contributed by atoms with Crippen LogP contribution in [0.5, 0.6) is 0 Å². The van der Waals surface area contributed by atoms with E-state index in [-0.39, 0.29) is 11.9 Å². The average molecular weight is 344 g/mol. The number of nitrogens with zero attached hydrogens (tertiary/aromatic N) is 1. The molecule has 1 aromatic heterocycles. The van der Waals surface area contributed by atoms with Gasteiger partial charge in [-0.25, -0.2) is 0 Å². The minimum absolute atomic E-state index is 0.0264. The number of hydrogen-bond donors (Lipinski definition) is 1. The first-order valence-electron chi connectivity index (χ1n) is 8.41. The molecule has 1 aliphatic rings. The number of furan rings is 1. The van der Waals surface area contributed by atoms with E-state index in [2.05, 4.69) is 16.5 Å². The number of amides is 1. The van der Waals surface area contributed by atoms with Crippen LogP contribution in [-0.4, -0.2) is 36.7 Å². The summed E-state index contributed by atoms with van der Waals surface area (Å²) in [5.41, 5.74) is 1.95. The zero-order valence-electron chi connectivity index (χ0n) is 14.0. The van der Waals surface area contributed by atoms with Crippen LogP contribution in [0.2, 0.25) is 0 Å². The van der Waals surface area contributed by atoms with E-state index in [4.69, 9.17) is 4.42 Å². The summed E-state index contributed by atoms with van der Waals surface area (Å²) in [5.74, 6) is 1.87. The topological polar surface area (TPSA) is 45.5 Å². The van der Waals surface area contributed by atoms with Crippen LogP contribution in [0.4, 0.5) is 0 Å². The van der Waals surface area contributed by atoms with Crippen LogP contribution >= 0.6 is 11.8 Å². The van der Waals surface area contributed by atoms with Crippen LogP contribution in [0.15, 0.2) is 47.1 Å². The molecule has 1 aromatic carbocycles. The molecular weight excluding hydrogens is 320 g/mol. The Kier molecular flexibility index (Phi) is 5.99. The summed E-state index contributed by atoms with van der Waals surface area (Å²) in [6.07, 6.45) is 6.20. The third-order valence-electron chi connectivity index (χ3n) is 4.44. The van der Waals surface area contributed by atoms with E-state index < -0.39 is 0 Å². The SMILES string of the molecule is CSCc1ccc(C(=O)NC[C@H](c2ccco2)N2CCCC2)cc1. The number of thioether (sulfide) groups is 1. The molecule has 1 amide bonds. The largest absolute Gasteiger partial charge is 0.468 e. The fourth-order valence-electron chi connectivity index (χ4n) is 3.15. The highest BCUT2D eigenvalue weighted by molar-refractivity contribution is 7.97. The van der Waals surface area contributed by atoms with Crippen molar-refractivity contribution in [1.82, 2.24) is 10.2 Å². The van der Waals surface area contributed by atoms with Gasteiger partial charge in [-0.15, -0.1) is 0 Å². The first kappa shape index (κ1) is 17.1. The fraction of sp³-hybridized carbons (Fsp3) is 0.421. The second-order valence-corrected chi connectivity index (χ2v) is 6.98. The van der Waals surface area contributed by atoms with E-state index in [0.717, 1.165) is 24.6 Å². The number of rotatable bonds is 7. The molecule has 1 saturated heterocycles. The van der Waals surface area contributed by atoms with Gasteiger partial charge in [-0.2, -0.15) is 11.8 Å². The number of hydrogen-bond acceptors (Lipinski definition) is 4. The minimum atomic E-state index is -0.0264. The Hall–Kier alpha value is -1.72. The van der Waals surface area contributed by atoms with Gasteiger partial charge in [0.1, 0.15) is 5.76 Å². The molecule has 0 saturated carbocycles. The molecular formula is C19H24N2O2S. The molecule has 1 aliphatic heterocycles. The molecule has 5 heteroatoms. The lowest BCUT2D eigenvalue weighted by molar-refractivity contribution is 0.0934. The molecule has 0 aliphatic carbocycles. The van der Waals surface area contributed by atoms with Crippen molar-refractivity contribution in [1.29, 1.82) is 0 Å². The molecule has 128 valence electrons. The molecule has 0 bridgehead atoms. The first-order valence-corrected chi connectivity index (χ1v) is 9.81. The number of benzene rings is 1. The standard InChI is InChI=1S/C19H24N2O2S/c1-24-14-15-6-8-16(9-7-15)19(22)20-13-17(18-5-4-12-23-18)21-10-2-3-11-21/h4-9,12,17H,2-3,10-11,13-14H2,1H3,(H,20,22)/t17-/m1/s1. The van der Waals surface area contributed by atoms with Crippen molar-refractivity contribution < 1.29 is 9.21 Å². The molecule has 0 radical (unpaired) electrons. The Morgan fingerprint density at radius 3 is 2.62 bits per heavy atom. The predicted octanol–water partition coefficient (Wildman–Crippen LogP) is 3.71. The summed E-state index contributed by atoms with van der Waals surface area (Å²) < 4.78 is 5.59. The van der Waals surface area contributed by atoms with Crippen molar-refractivity contribution >= 4 is 17.7 Å². The maximum Gasteiger partial charge on any atom is 0.251 e. The Labute approximate surface area is 147 Å². The molecule has 1 atom stereocenters. The highest BCUT2D eigenvalue weighted by Crippen LogP contribution is 2.25. The maximum atomic E-state index is 12.4. The van der Waals surface area contributed by atoms with Crippen LogP contribution in [-0.2, 0) is 5.75 Å². The van der Waals surface area contributed by atoms with E-state index in [1.54, 1.807) is 18.0 Å². The zero-order valence-corrected chi connectivity index (χ0v) is 14.8. The van der Waals surface area contributed by atoms with Gasteiger partial charge in [0, 0.05) is 17.9 Å². The third kappa shape index (κ3) is 4.22. The normalized spacial score (nSPS) is 16.2. The lowest BCUT2D eigenvalue weighted by Crippen LogP contribution is -2.36. The summed E-state index contributed by atoms with van der Waals surface area (Å²) in [5, 5.41) is 3.07. The van der Waals surface area contributed by atoms with Crippen LogP contribution in [0.3, 0.4) is 0 Å². The average Bonchev–Trinajstić information content (AvgIpc) is 3.30. The third-order valence-corrected chi connectivity index (χ3v) is 5.06. The van der Waals surface area contributed by atoms with E-state index in [1.165, 1.54) is 18.4 Å². The highest BCUT2D eigenvalue weighted by Gasteiger charge is 2.26. The number of carbonyl (C=O) groups is 1. The summed E-state index contributed by atoms with van der Waals surface area (Å²) in [6, 6.07) is 11.9.